The van der Waals surface area contributed by atoms with Crippen LogP contribution >= 0.6 is 11.3 Å². The zero-order valence-electron chi connectivity index (χ0n) is 12.6. The van der Waals surface area contributed by atoms with Crippen LogP contribution in [0.4, 0.5) is 0 Å². The fraction of sp³-hybridized carbons (Fsp3) is 0.800. The number of hydrogen-bond donors (Lipinski definition) is 1. The summed E-state index contributed by atoms with van der Waals surface area (Å²) in [6, 6.07) is 0. The predicted molar refractivity (Wildman–Crippen MR) is 81.0 cm³/mol. The number of nitrogens with one attached hydrogen (secondary N) is 1. The number of hydrogen-bond acceptors (Lipinski definition) is 4. The largest absolute Gasteiger partial charge is 0.381 e. The Labute approximate surface area is 120 Å². The van der Waals surface area contributed by atoms with Gasteiger partial charge in [0.25, 0.3) is 0 Å². The number of ether oxygens (including phenoxy) is 1. The first-order chi connectivity index (χ1) is 9.02. The number of thiazole rings is 1. The van der Waals surface area contributed by atoms with Crippen molar-refractivity contribution in [3.63, 3.8) is 0 Å². The lowest BCUT2D eigenvalue weighted by Crippen LogP contribution is -2.18. The summed E-state index contributed by atoms with van der Waals surface area (Å²) >= 11 is 1.90. The van der Waals surface area contributed by atoms with Gasteiger partial charge in [-0.2, -0.15) is 0 Å². The molecule has 0 amide bonds. The highest BCUT2D eigenvalue weighted by molar-refractivity contribution is 7.11. The first-order valence-electron chi connectivity index (χ1n) is 7.31. The molecular formula is C15H26N2OS. The zero-order valence-corrected chi connectivity index (χ0v) is 13.4. The molecule has 19 heavy (non-hydrogen) atoms. The molecule has 0 radical (unpaired) electrons. The van der Waals surface area contributed by atoms with Crippen LogP contribution in [0.3, 0.4) is 0 Å². The van der Waals surface area contributed by atoms with Crippen LogP contribution in [0.15, 0.2) is 0 Å². The van der Waals surface area contributed by atoms with E-state index < -0.39 is 0 Å². The Morgan fingerprint density at radius 1 is 1.32 bits per heavy atom. The highest BCUT2D eigenvalue weighted by Gasteiger charge is 2.26. The number of nitrogens with zero attached hydrogens (tertiary/aromatic N) is 1. The van der Waals surface area contributed by atoms with Gasteiger partial charge in [0.15, 0.2) is 0 Å². The third-order valence-electron chi connectivity index (χ3n) is 3.53. The Morgan fingerprint density at radius 2 is 2.00 bits per heavy atom. The topological polar surface area (TPSA) is 34.1 Å². The molecule has 0 unspecified atom stereocenters. The van der Waals surface area contributed by atoms with Gasteiger partial charge in [-0.3, -0.25) is 0 Å². The van der Waals surface area contributed by atoms with E-state index in [0.29, 0.717) is 5.92 Å². The highest BCUT2D eigenvalue weighted by atomic mass is 32.1. The summed E-state index contributed by atoms with van der Waals surface area (Å²) in [5.41, 5.74) is 1.41. The Morgan fingerprint density at radius 3 is 2.58 bits per heavy atom. The first-order valence-corrected chi connectivity index (χ1v) is 8.12. The molecule has 2 heterocycles. The molecule has 3 nitrogen and oxygen atoms in total. The molecule has 1 aliphatic rings. The predicted octanol–water partition coefficient (Wildman–Crippen LogP) is 3.44. The van der Waals surface area contributed by atoms with Gasteiger partial charge in [0.05, 0.1) is 10.7 Å². The Hall–Kier alpha value is -0.450. The van der Waals surface area contributed by atoms with Gasteiger partial charge in [-0.25, -0.2) is 4.98 Å². The monoisotopic (exact) mass is 282 g/mol. The van der Waals surface area contributed by atoms with Crippen molar-refractivity contribution < 1.29 is 4.74 Å². The van der Waals surface area contributed by atoms with Crippen LogP contribution in [-0.4, -0.2) is 24.7 Å². The second-order valence-corrected chi connectivity index (χ2v) is 7.36. The lowest BCUT2D eigenvalue weighted by Gasteiger charge is -2.20. The molecule has 1 fully saturated rings. The quantitative estimate of drug-likeness (QED) is 0.918. The zero-order chi connectivity index (χ0) is 13.9. The summed E-state index contributed by atoms with van der Waals surface area (Å²) in [5, 5.41) is 4.76. The van der Waals surface area contributed by atoms with Crippen LogP contribution in [0.25, 0.3) is 0 Å². The van der Waals surface area contributed by atoms with Crippen LogP contribution in [-0.2, 0) is 16.7 Å². The Kier molecular flexibility index (Phi) is 4.98. The second-order valence-electron chi connectivity index (χ2n) is 6.24. The molecule has 1 N–H and O–H groups in total. The molecule has 1 aliphatic heterocycles. The van der Waals surface area contributed by atoms with Crippen molar-refractivity contribution >= 4 is 11.3 Å². The molecule has 0 atom stereocenters. The van der Waals surface area contributed by atoms with Crippen molar-refractivity contribution in [2.75, 3.05) is 19.8 Å². The van der Waals surface area contributed by atoms with Gasteiger partial charge in [-0.05, 0) is 19.4 Å². The number of aromatic nitrogens is 1. The maximum Gasteiger partial charge on any atom is 0.0964 e. The van der Waals surface area contributed by atoms with E-state index in [2.05, 4.69) is 33.0 Å². The van der Waals surface area contributed by atoms with Crippen molar-refractivity contribution in [3.05, 3.63) is 15.6 Å². The third-order valence-corrected chi connectivity index (χ3v) is 4.75. The molecule has 108 valence electrons. The van der Waals surface area contributed by atoms with E-state index in [1.165, 1.54) is 15.6 Å². The van der Waals surface area contributed by atoms with Crippen molar-refractivity contribution in [1.82, 2.24) is 10.3 Å². The fourth-order valence-corrected chi connectivity index (χ4v) is 3.85. The van der Waals surface area contributed by atoms with Gasteiger partial charge in [0.2, 0.25) is 0 Å². The summed E-state index contributed by atoms with van der Waals surface area (Å²) in [4.78, 5) is 6.39. The molecule has 0 spiro atoms. The van der Waals surface area contributed by atoms with E-state index in [0.717, 1.165) is 39.1 Å². The van der Waals surface area contributed by atoms with Gasteiger partial charge in [-0.1, -0.05) is 27.7 Å². The maximum atomic E-state index is 5.45. The van der Waals surface area contributed by atoms with E-state index in [-0.39, 0.29) is 5.41 Å². The summed E-state index contributed by atoms with van der Waals surface area (Å²) in [6.07, 6.45) is 2.25. The molecule has 1 saturated heterocycles. The summed E-state index contributed by atoms with van der Waals surface area (Å²) in [5.74, 6) is 0.607. The van der Waals surface area contributed by atoms with Gasteiger partial charge in [-0.15, -0.1) is 11.3 Å². The minimum atomic E-state index is 0.130. The smallest absolute Gasteiger partial charge is 0.0964 e. The fourth-order valence-electron chi connectivity index (χ4n) is 2.43. The van der Waals surface area contributed by atoms with E-state index in [9.17, 15) is 0 Å². The van der Waals surface area contributed by atoms with Crippen molar-refractivity contribution in [1.29, 1.82) is 0 Å². The second kappa shape index (κ2) is 6.33. The average molecular weight is 282 g/mol. The van der Waals surface area contributed by atoms with Crippen LogP contribution in [0.5, 0.6) is 0 Å². The molecule has 1 aromatic rings. The lowest BCUT2D eigenvalue weighted by atomic mass is 9.91. The van der Waals surface area contributed by atoms with Crippen molar-refractivity contribution in [3.8, 4) is 0 Å². The van der Waals surface area contributed by atoms with Crippen LogP contribution in [0.1, 0.15) is 62.0 Å². The Balaban J connectivity index is 2.22. The molecule has 2 rings (SSSR count). The minimum Gasteiger partial charge on any atom is -0.381 e. The molecule has 0 aromatic carbocycles. The normalized spacial score (nSPS) is 17.9. The standard InChI is InChI=1S/C15H26N2OS/c1-5-16-10-12-13(15(2,3)4)17-14(19-12)11-6-8-18-9-7-11/h11,16H,5-10H2,1-4H3. The SMILES string of the molecule is CCNCc1sc(C2CCOCC2)nc1C(C)(C)C. The third kappa shape index (κ3) is 3.77. The lowest BCUT2D eigenvalue weighted by molar-refractivity contribution is 0.0852. The van der Waals surface area contributed by atoms with Crippen LogP contribution in [0, 0.1) is 0 Å². The van der Waals surface area contributed by atoms with Crippen molar-refractivity contribution in [2.45, 2.75) is 58.4 Å². The summed E-state index contributed by atoms with van der Waals surface area (Å²) in [6.45, 7) is 12.6. The minimum absolute atomic E-state index is 0.130. The van der Waals surface area contributed by atoms with E-state index in [1.807, 2.05) is 11.3 Å². The van der Waals surface area contributed by atoms with Crippen LogP contribution in [0.2, 0.25) is 0 Å². The van der Waals surface area contributed by atoms with E-state index in [4.69, 9.17) is 9.72 Å². The molecule has 0 aliphatic carbocycles. The molecule has 0 saturated carbocycles. The van der Waals surface area contributed by atoms with E-state index >= 15 is 0 Å². The maximum absolute atomic E-state index is 5.45. The number of rotatable bonds is 4. The average Bonchev–Trinajstić information content (AvgIpc) is 2.81. The molecule has 4 heteroatoms. The summed E-state index contributed by atoms with van der Waals surface area (Å²) < 4.78 is 5.45. The summed E-state index contributed by atoms with van der Waals surface area (Å²) in [7, 11) is 0. The Bertz CT molecular complexity index is 403. The molecule has 0 bridgehead atoms. The first kappa shape index (κ1) is 14.9. The highest BCUT2D eigenvalue weighted by Crippen LogP contribution is 2.36. The van der Waals surface area contributed by atoms with Gasteiger partial charge >= 0.3 is 0 Å². The van der Waals surface area contributed by atoms with Gasteiger partial charge < -0.3 is 10.1 Å². The molecule has 1 aromatic heterocycles. The van der Waals surface area contributed by atoms with Gasteiger partial charge in [0.1, 0.15) is 0 Å². The van der Waals surface area contributed by atoms with E-state index in [1.54, 1.807) is 0 Å². The molecular weight excluding hydrogens is 256 g/mol. The van der Waals surface area contributed by atoms with Gasteiger partial charge in [0, 0.05) is 36.0 Å². The van der Waals surface area contributed by atoms with Crippen molar-refractivity contribution in [2.24, 2.45) is 0 Å². The van der Waals surface area contributed by atoms with Crippen LogP contribution < -0.4 is 5.32 Å².